The summed E-state index contributed by atoms with van der Waals surface area (Å²) in [5.74, 6) is -2.18. The fraction of sp³-hybridized carbons (Fsp3) is 0.500. The minimum absolute atomic E-state index is 0.263. The molecule has 2 rings (SSSR count). The van der Waals surface area contributed by atoms with Crippen LogP contribution in [0.5, 0.6) is 0 Å². The first-order valence-electron chi connectivity index (χ1n) is 7.07. The van der Waals surface area contributed by atoms with E-state index in [0.717, 1.165) is 5.56 Å². The van der Waals surface area contributed by atoms with Crippen molar-refractivity contribution >= 4 is 11.9 Å². The number of rotatable bonds is 6. The Balaban J connectivity index is 2.36. The zero-order valence-electron chi connectivity index (χ0n) is 12.5. The van der Waals surface area contributed by atoms with Crippen LogP contribution in [-0.2, 0) is 29.4 Å². The highest BCUT2D eigenvalue weighted by molar-refractivity contribution is 5.91. The fourth-order valence-electron chi connectivity index (χ4n) is 2.88. The van der Waals surface area contributed by atoms with E-state index in [0.29, 0.717) is 0 Å². The van der Waals surface area contributed by atoms with Gasteiger partial charge in [0.15, 0.2) is 0 Å². The SMILES string of the molecule is CCOC(=O)[C@@H]1[C@H](C(=O)OCC)C1(OC)c1ccccc1. The topological polar surface area (TPSA) is 61.8 Å². The molecule has 0 N–H and O–H groups in total. The molecule has 3 atom stereocenters. The van der Waals surface area contributed by atoms with E-state index in [-0.39, 0.29) is 13.2 Å². The molecule has 0 aromatic heterocycles. The number of carbonyl (C=O) groups is 2. The summed E-state index contributed by atoms with van der Waals surface area (Å²) in [6.07, 6.45) is 0. The third-order valence-corrected chi connectivity index (χ3v) is 3.79. The van der Waals surface area contributed by atoms with Gasteiger partial charge in [-0.05, 0) is 19.4 Å². The van der Waals surface area contributed by atoms with Crippen LogP contribution in [0.2, 0.25) is 0 Å². The summed E-state index contributed by atoms with van der Waals surface area (Å²) in [6, 6.07) is 9.25. The van der Waals surface area contributed by atoms with E-state index in [1.165, 1.54) is 7.11 Å². The van der Waals surface area contributed by atoms with Gasteiger partial charge in [0, 0.05) is 7.11 Å². The van der Waals surface area contributed by atoms with E-state index < -0.39 is 29.4 Å². The number of hydrogen-bond acceptors (Lipinski definition) is 5. The molecule has 0 spiro atoms. The number of ether oxygens (including phenoxy) is 3. The normalized spacial score (nSPS) is 27.0. The molecule has 0 amide bonds. The Hall–Kier alpha value is -1.88. The van der Waals surface area contributed by atoms with Crippen LogP contribution in [0, 0.1) is 11.8 Å². The van der Waals surface area contributed by atoms with Gasteiger partial charge in [-0.25, -0.2) is 0 Å². The summed E-state index contributed by atoms with van der Waals surface area (Å²) in [6.45, 7) is 3.99. The lowest BCUT2D eigenvalue weighted by Crippen LogP contribution is -2.20. The van der Waals surface area contributed by atoms with Crippen molar-refractivity contribution in [2.75, 3.05) is 20.3 Å². The molecule has 1 saturated carbocycles. The van der Waals surface area contributed by atoms with Crippen LogP contribution >= 0.6 is 0 Å². The lowest BCUT2D eigenvalue weighted by molar-refractivity contribution is -0.150. The number of esters is 2. The van der Waals surface area contributed by atoms with E-state index in [1.54, 1.807) is 13.8 Å². The first kappa shape index (κ1) is 15.5. The Morgan fingerprint density at radius 3 is 1.86 bits per heavy atom. The number of benzene rings is 1. The van der Waals surface area contributed by atoms with Crippen molar-refractivity contribution in [1.82, 2.24) is 0 Å². The molecule has 5 nitrogen and oxygen atoms in total. The van der Waals surface area contributed by atoms with Crippen molar-refractivity contribution in [1.29, 1.82) is 0 Å². The monoisotopic (exact) mass is 292 g/mol. The molecule has 1 aliphatic rings. The maximum Gasteiger partial charge on any atom is 0.313 e. The summed E-state index contributed by atoms with van der Waals surface area (Å²) in [5.41, 5.74) is -0.205. The first-order valence-corrected chi connectivity index (χ1v) is 7.07. The quantitative estimate of drug-likeness (QED) is 0.749. The highest BCUT2D eigenvalue weighted by Crippen LogP contribution is 2.61. The van der Waals surface area contributed by atoms with Gasteiger partial charge >= 0.3 is 11.9 Å². The van der Waals surface area contributed by atoms with Crippen molar-refractivity contribution in [3.8, 4) is 0 Å². The van der Waals surface area contributed by atoms with Crippen LogP contribution in [0.25, 0.3) is 0 Å². The summed E-state index contributed by atoms with van der Waals surface area (Å²) >= 11 is 0. The minimum atomic E-state index is -0.986. The maximum atomic E-state index is 12.2. The number of methoxy groups -OCH3 is 1. The van der Waals surface area contributed by atoms with Crippen LogP contribution in [-0.4, -0.2) is 32.3 Å². The minimum Gasteiger partial charge on any atom is -0.466 e. The van der Waals surface area contributed by atoms with E-state index in [2.05, 4.69) is 0 Å². The fourth-order valence-corrected chi connectivity index (χ4v) is 2.88. The van der Waals surface area contributed by atoms with Gasteiger partial charge in [0.25, 0.3) is 0 Å². The lowest BCUT2D eigenvalue weighted by atomic mass is 10.0. The third kappa shape index (κ3) is 2.53. The standard InChI is InChI=1S/C16H20O5/c1-4-20-14(17)12-13(15(18)21-5-2)16(12,19-3)11-9-7-6-8-10-11/h6-10,12-13H,4-5H2,1-3H3/t12-,13+,16?. The zero-order chi connectivity index (χ0) is 15.5. The van der Waals surface area contributed by atoms with Gasteiger partial charge in [0.05, 0.1) is 13.2 Å². The van der Waals surface area contributed by atoms with E-state index in [4.69, 9.17) is 14.2 Å². The van der Waals surface area contributed by atoms with Gasteiger partial charge in [0.2, 0.25) is 0 Å². The Bertz CT molecular complexity index is 487. The Kier molecular flexibility index (Phi) is 4.63. The molecule has 0 heterocycles. The molecule has 1 unspecified atom stereocenters. The molecule has 5 heteroatoms. The van der Waals surface area contributed by atoms with Crippen LogP contribution < -0.4 is 0 Å². The average Bonchev–Trinajstić information content (AvgIpc) is 3.19. The van der Waals surface area contributed by atoms with E-state index in [1.807, 2.05) is 30.3 Å². The molecule has 0 saturated heterocycles. The van der Waals surface area contributed by atoms with Gasteiger partial charge in [-0.1, -0.05) is 30.3 Å². The number of carbonyl (C=O) groups excluding carboxylic acids is 2. The second kappa shape index (κ2) is 6.26. The molecular weight excluding hydrogens is 272 g/mol. The molecular formula is C16H20O5. The van der Waals surface area contributed by atoms with Crippen molar-refractivity contribution < 1.29 is 23.8 Å². The molecule has 0 radical (unpaired) electrons. The number of hydrogen-bond donors (Lipinski definition) is 0. The van der Waals surface area contributed by atoms with Crippen LogP contribution in [0.3, 0.4) is 0 Å². The predicted octanol–water partition coefficient (Wildman–Crippen LogP) is 1.90. The smallest absolute Gasteiger partial charge is 0.313 e. The van der Waals surface area contributed by atoms with Gasteiger partial charge in [-0.2, -0.15) is 0 Å². The Morgan fingerprint density at radius 2 is 1.48 bits per heavy atom. The van der Waals surface area contributed by atoms with Crippen molar-refractivity contribution in [3.63, 3.8) is 0 Å². The van der Waals surface area contributed by atoms with Gasteiger partial charge in [-0.3, -0.25) is 9.59 Å². The van der Waals surface area contributed by atoms with Crippen LogP contribution in [0.1, 0.15) is 19.4 Å². The lowest BCUT2D eigenvalue weighted by Gasteiger charge is -2.16. The first-order chi connectivity index (χ1) is 10.1. The summed E-state index contributed by atoms with van der Waals surface area (Å²) in [7, 11) is 1.50. The molecule has 0 aliphatic heterocycles. The second-order valence-corrected chi connectivity index (χ2v) is 4.82. The van der Waals surface area contributed by atoms with Crippen LogP contribution in [0.4, 0.5) is 0 Å². The van der Waals surface area contributed by atoms with E-state index in [9.17, 15) is 9.59 Å². The van der Waals surface area contributed by atoms with Gasteiger partial charge in [0.1, 0.15) is 17.4 Å². The predicted molar refractivity (Wildman–Crippen MR) is 75.4 cm³/mol. The summed E-state index contributed by atoms with van der Waals surface area (Å²) in [4.78, 5) is 24.3. The van der Waals surface area contributed by atoms with E-state index >= 15 is 0 Å². The molecule has 1 aromatic rings. The highest BCUT2D eigenvalue weighted by atomic mass is 16.6. The van der Waals surface area contributed by atoms with Crippen molar-refractivity contribution in [3.05, 3.63) is 35.9 Å². The largest absolute Gasteiger partial charge is 0.466 e. The zero-order valence-corrected chi connectivity index (χ0v) is 12.5. The third-order valence-electron chi connectivity index (χ3n) is 3.79. The molecule has 1 aliphatic carbocycles. The summed E-state index contributed by atoms with van der Waals surface area (Å²) < 4.78 is 15.7. The Morgan fingerprint density at radius 1 is 1.00 bits per heavy atom. The molecule has 21 heavy (non-hydrogen) atoms. The average molecular weight is 292 g/mol. The van der Waals surface area contributed by atoms with Gasteiger partial charge < -0.3 is 14.2 Å². The van der Waals surface area contributed by atoms with Gasteiger partial charge in [-0.15, -0.1) is 0 Å². The molecule has 114 valence electrons. The highest BCUT2D eigenvalue weighted by Gasteiger charge is 2.75. The molecule has 1 fully saturated rings. The maximum absolute atomic E-state index is 12.2. The Labute approximate surface area is 124 Å². The van der Waals surface area contributed by atoms with Crippen LogP contribution in [0.15, 0.2) is 30.3 Å². The van der Waals surface area contributed by atoms with Crippen molar-refractivity contribution in [2.45, 2.75) is 19.4 Å². The summed E-state index contributed by atoms with van der Waals surface area (Å²) in [5, 5.41) is 0. The second-order valence-electron chi connectivity index (χ2n) is 4.82. The van der Waals surface area contributed by atoms with Crippen molar-refractivity contribution in [2.24, 2.45) is 11.8 Å². The molecule has 1 aromatic carbocycles. The molecule has 0 bridgehead atoms.